The predicted octanol–water partition coefficient (Wildman–Crippen LogP) is 4.91. The van der Waals surface area contributed by atoms with Crippen LogP contribution in [-0.4, -0.2) is 0 Å². The quantitative estimate of drug-likeness (QED) is 0.831. The van der Waals surface area contributed by atoms with Crippen LogP contribution in [0.5, 0.6) is 0 Å². The van der Waals surface area contributed by atoms with Gasteiger partial charge in [0.2, 0.25) is 0 Å². The fourth-order valence-corrected chi connectivity index (χ4v) is 2.03. The van der Waals surface area contributed by atoms with Crippen molar-refractivity contribution in [3.63, 3.8) is 0 Å². The average molecular weight is 266 g/mol. The van der Waals surface area contributed by atoms with E-state index in [1.165, 1.54) is 11.1 Å². The van der Waals surface area contributed by atoms with Gasteiger partial charge in [-0.15, -0.1) is 0 Å². The fourth-order valence-electron chi connectivity index (χ4n) is 1.66. The number of benzene rings is 2. The Balaban J connectivity index is 2.10. The highest BCUT2D eigenvalue weighted by Crippen LogP contribution is 2.29. The third-order valence-electron chi connectivity index (χ3n) is 2.52. The van der Waals surface area contributed by atoms with Crippen molar-refractivity contribution in [3.8, 4) is 0 Å². The Morgan fingerprint density at radius 3 is 2.59 bits per heavy atom. The summed E-state index contributed by atoms with van der Waals surface area (Å²) in [4.78, 5) is 0. The summed E-state index contributed by atoms with van der Waals surface area (Å²) in [5, 5.41) is 4.42. The van der Waals surface area contributed by atoms with E-state index in [0.717, 1.165) is 12.2 Å². The normalized spacial score (nSPS) is 10.3. The second-order valence-corrected chi connectivity index (χ2v) is 4.73. The van der Waals surface area contributed by atoms with E-state index in [2.05, 4.69) is 30.4 Å². The molecule has 2 aromatic carbocycles. The lowest BCUT2D eigenvalue weighted by atomic mass is 10.1. The van der Waals surface area contributed by atoms with Gasteiger partial charge in [0, 0.05) is 6.54 Å². The molecular weight excluding hydrogens is 253 g/mol. The summed E-state index contributed by atoms with van der Waals surface area (Å²) >= 11 is 12.0. The molecule has 0 saturated heterocycles. The molecule has 0 radical (unpaired) electrons. The molecule has 0 spiro atoms. The monoisotopic (exact) mass is 265 g/mol. The van der Waals surface area contributed by atoms with Crippen molar-refractivity contribution in [3.05, 3.63) is 63.6 Å². The Morgan fingerprint density at radius 2 is 1.82 bits per heavy atom. The molecule has 2 rings (SSSR count). The van der Waals surface area contributed by atoms with Gasteiger partial charge >= 0.3 is 0 Å². The second-order valence-electron chi connectivity index (χ2n) is 3.94. The highest BCUT2D eigenvalue weighted by Gasteiger charge is 2.03. The summed E-state index contributed by atoms with van der Waals surface area (Å²) in [6, 6.07) is 13.9. The van der Waals surface area contributed by atoms with E-state index in [0.29, 0.717) is 10.0 Å². The van der Waals surface area contributed by atoms with Crippen LogP contribution < -0.4 is 5.32 Å². The minimum Gasteiger partial charge on any atom is -0.380 e. The molecular formula is C14H13Cl2N. The molecule has 88 valence electrons. The molecule has 0 saturated carbocycles. The van der Waals surface area contributed by atoms with Crippen molar-refractivity contribution < 1.29 is 0 Å². The first kappa shape index (κ1) is 12.3. The molecule has 2 aromatic rings. The standard InChI is InChI=1S/C14H13Cl2N/c1-10-4-2-5-11(8-10)9-17-13-7-3-6-12(15)14(13)16/h2-8,17H,9H2,1H3. The number of aryl methyl sites for hydroxylation is 1. The van der Waals surface area contributed by atoms with Gasteiger partial charge in [0.25, 0.3) is 0 Å². The molecule has 3 heteroatoms. The van der Waals surface area contributed by atoms with Gasteiger partial charge in [-0.3, -0.25) is 0 Å². The van der Waals surface area contributed by atoms with Gasteiger partial charge in [-0.25, -0.2) is 0 Å². The van der Waals surface area contributed by atoms with E-state index in [1.807, 2.05) is 18.2 Å². The van der Waals surface area contributed by atoms with Gasteiger partial charge < -0.3 is 5.32 Å². The number of halogens is 2. The Bertz CT molecular complexity index is 523. The molecule has 0 atom stereocenters. The SMILES string of the molecule is Cc1cccc(CNc2cccc(Cl)c2Cl)c1. The summed E-state index contributed by atoms with van der Waals surface area (Å²) in [5.41, 5.74) is 3.34. The van der Waals surface area contributed by atoms with Gasteiger partial charge in [-0.2, -0.15) is 0 Å². The van der Waals surface area contributed by atoms with E-state index in [4.69, 9.17) is 23.2 Å². The van der Waals surface area contributed by atoms with Crippen LogP contribution >= 0.6 is 23.2 Å². The minimum atomic E-state index is 0.570. The molecule has 1 nitrogen and oxygen atoms in total. The van der Waals surface area contributed by atoms with Crippen LogP contribution in [-0.2, 0) is 6.54 Å². The first-order valence-electron chi connectivity index (χ1n) is 5.40. The smallest absolute Gasteiger partial charge is 0.0823 e. The van der Waals surface area contributed by atoms with Crippen LogP contribution in [0.25, 0.3) is 0 Å². The number of hydrogen-bond acceptors (Lipinski definition) is 1. The van der Waals surface area contributed by atoms with Crippen molar-refractivity contribution in [1.29, 1.82) is 0 Å². The lowest BCUT2D eigenvalue weighted by molar-refractivity contribution is 1.14. The summed E-state index contributed by atoms with van der Waals surface area (Å²) < 4.78 is 0. The summed E-state index contributed by atoms with van der Waals surface area (Å²) in [5.74, 6) is 0. The average Bonchev–Trinajstić information content (AvgIpc) is 2.31. The minimum absolute atomic E-state index is 0.570. The highest BCUT2D eigenvalue weighted by molar-refractivity contribution is 6.43. The van der Waals surface area contributed by atoms with Crippen molar-refractivity contribution in [2.45, 2.75) is 13.5 Å². The van der Waals surface area contributed by atoms with Gasteiger partial charge in [-0.05, 0) is 24.6 Å². The van der Waals surface area contributed by atoms with E-state index < -0.39 is 0 Å². The molecule has 0 aliphatic carbocycles. The first-order valence-corrected chi connectivity index (χ1v) is 6.16. The molecule has 0 fully saturated rings. The van der Waals surface area contributed by atoms with Gasteiger partial charge in [0.05, 0.1) is 15.7 Å². The zero-order valence-electron chi connectivity index (χ0n) is 9.50. The van der Waals surface area contributed by atoms with Gasteiger partial charge in [0.1, 0.15) is 0 Å². The van der Waals surface area contributed by atoms with Gasteiger partial charge in [0.15, 0.2) is 0 Å². The van der Waals surface area contributed by atoms with E-state index in [9.17, 15) is 0 Å². The molecule has 1 N–H and O–H groups in total. The molecule has 0 heterocycles. The fraction of sp³-hybridized carbons (Fsp3) is 0.143. The first-order chi connectivity index (χ1) is 8.16. The molecule has 17 heavy (non-hydrogen) atoms. The van der Waals surface area contributed by atoms with Crippen LogP contribution in [0.1, 0.15) is 11.1 Å². The predicted molar refractivity (Wildman–Crippen MR) is 75.0 cm³/mol. The van der Waals surface area contributed by atoms with Crippen molar-refractivity contribution in [2.24, 2.45) is 0 Å². The van der Waals surface area contributed by atoms with Crippen molar-refractivity contribution >= 4 is 28.9 Å². The zero-order valence-corrected chi connectivity index (χ0v) is 11.0. The largest absolute Gasteiger partial charge is 0.380 e. The molecule has 0 amide bonds. The van der Waals surface area contributed by atoms with Crippen LogP contribution in [0.4, 0.5) is 5.69 Å². The molecule has 0 aromatic heterocycles. The maximum Gasteiger partial charge on any atom is 0.0823 e. The Kier molecular flexibility index (Phi) is 3.93. The Hall–Kier alpha value is -1.18. The third-order valence-corrected chi connectivity index (χ3v) is 3.34. The summed E-state index contributed by atoms with van der Waals surface area (Å²) in [7, 11) is 0. The number of hydrogen-bond donors (Lipinski definition) is 1. The maximum atomic E-state index is 6.10. The Labute approximate surface area is 111 Å². The van der Waals surface area contributed by atoms with E-state index >= 15 is 0 Å². The summed E-state index contributed by atoms with van der Waals surface area (Å²) in [6.07, 6.45) is 0. The molecule has 0 aliphatic rings. The van der Waals surface area contributed by atoms with Crippen LogP contribution in [0.15, 0.2) is 42.5 Å². The highest BCUT2D eigenvalue weighted by atomic mass is 35.5. The maximum absolute atomic E-state index is 6.10. The van der Waals surface area contributed by atoms with Gasteiger partial charge in [-0.1, -0.05) is 59.1 Å². The second kappa shape index (κ2) is 5.44. The van der Waals surface area contributed by atoms with E-state index in [1.54, 1.807) is 6.07 Å². The number of rotatable bonds is 3. The number of anilines is 1. The zero-order chi connectivity index (χ0) is 12.3. The topological polar surface area (TPSA) is 12.0 Å². The lowest BCUT2D eigenvalue weighted by Crippen LogP contribution is -2.00. The van der Waals surface area contributed by atoms with Crippen molar-refractivity contribution in [2.75, 3.05) is 5.32 Å². The molecule has 0 aliphatic heterocycles. The van der Waals surface area contributed by atoms with Crippen LogP contribution in [0.2, 0.25) is 10.0 Å². The molecule has 0 unspecified atom stereocenters. The number of nitrogens with one attached hydrogen (secondary N) is 1. The lowest BCUT2D eigenvalue weighted by Gasteiger charge is -2.09. The van der Waals surface area contributed by atoms with Crippen LogP contribution in [0, 0.1) is 6.92 Å². The Morgan fingerprint density at radius 1 is 1.06 bits per heavy atom. The third kappa shape index (κ3) is 3.15. The van der Waals surface area contributed by atoms with Crippen LogP contribution in [0.3, 0.4) is 0 Å². The van der Waals surface area contributed by atoms with E-state index in [-0.39, 0.29) is 0 Å². The van der Waals surface area contributed by atoms with Crippen molar-refractivity contribution in [1.82, 2.24) is 0 Å². The summed E-state index contributed by atoms with van der Waals surface area (Å²) in [6.45, 7) is 2.82. The molecule has 0 bridgehead atoms.